The number of benzene rings is 1. The first-order valence-electron chi connectivity index (χ1n) is 5.35. The van der Waals surface area contributed by atoms with Crippen molar-refractivity contribution in [2.24, 2.45) is 0 Å². The molecule has 0 unspecified atom stereocenters. The second-order valence-corrected chi connectivity index (χ2v) is 4.36. The second kappa shape index (κ2) is 4.68. The Morgan fingerprint density at radius 3 is 2.72 bits per heavy atom. The number of nitrogens with zero attached hydrogens (tertiary/aromatic N) is 2. The highest BCUT2D eigenvalue weighted by Gasteiger charge is 2.26. The zero-order valence-corrected chi connectivity index (χ0v) is 10.1. The first-order valence-corrected chi connectivity index (χ1v) is 5.73. The van der Waals surface area contributed by atoms with Crippen LogP contribution in [0.5, 0.6) is 0 Å². The molecule has 0 spiro atoms. The van der Waals surface area contributed by atoms with Crippen LogP contribution in [0.2, 0.25) is 5.02 Å². The molecule has 0 aliphatic rings. The van der Waals surface area contributed by atoms with E-state index >= 15 is 0 Å². The molecule has 3 nitrogen and oxygen atoms in total. The van der Waals surface area contributed by atoms with Gasteiger partial charge in [-0.3, -0.25) is 0 Å². The molecule has 0 atom stereocenters. The molecule has 0 bridgehead atoms. The van der Waals surface area contributed by atoms with Crippen LogP contribution in [0.15, 0.2) is 18.2 Å². The summed E-state index contributed by atoms with van der Waals surface area (Å²) in [4.78, 5) is 4.06. The van der Waals surface area contributed by atoms with E-state index < -0.39 is 12.6 Å². The van der Waals surface area contributed by atoms with Crippen LogP contribution in [-0.4, -0.2) is 15.7 Å². The zero-order chi connectivity index (χ0) is 13.3. The summed E-state index contributed by atoms with van der Waals surface area (Å²) in [7, 11) is 0. The Labute approximate surface area is 106 Å². The summed E-state index contributed by atoms with van der Waals surface area (Å²) < 4.78 is 37.8. The normalized spacial score (nSPS) is 12.2. The number of nitrogen functional groups attached to an aromatic ring is 1. The number of nitrogens with two attached hydrogens (primary N) is 1. The van der Waals surface area contributed by atoms with Gasteiger partial charge in [0.25, 0.3) is 0 Å². The molecule has 0 fully saturated rings. The van der Waals surface area contributed by atoms with Crippen molar-refractivity contribution in [1.82, 2.24) is 9.55 Å². The van der Waals surface area contributed by atoms with Gasteiger partial charge in [-0.2, -0.15) is 13.2 Å². The number of halogens is 4. The highest BCUT2D eigenvalue weighted by Crippen LogP contribution is 2.27. The Hall–Kier alpha value is -1.43. The summed E-state index contributed by atoms with van der Waals surface area (Å²) in [6, 6.07) is 5.11. The van der Waals surface area contributed by atoms with E-state index in [0.717, 1.165) is 0 Å². The molecule has 0 amide bonds. The Balaban J connectivity index is 2.23. The molecule has 0 saturated carbocycles. The number of imidazole rings is 1. The Morgan fingerprint density at radius 1 is 1.33 bits per heavy atom. The highest BCUT2D eigenvalue weighted by molar-refractivity contribution is 6.35. The molecule has 98 valence electrons. The van der Waals surface area contributed by atoms with Gasteiger partial charge in [-0.15, -0.1) is 0 Å². The number of anilines is 1. The average molecular weight is 278 g/mol. The number of rotatable bonds is 3. The van der Waals surface area contributed by atoms with Crippen LogP contribution in [0, 0.1) is 0 Å². The predicted octanol–water partition coefficient (Wildman–Crippen LogP) is 3.61. The molecular formula is C11H11ClF3N3. The lowest BCUT2D eigenvalue weighted by molar-refractivity contribution is -0.135. The van der Waals surface area contributed by atoms with Gasteiger partial charge in [-0.05, 0) is 18.6 Å². The number of para-hydroxylation sites is 1. The van der Waals surface area contributed by atoms with E-state index in [1.165, 1.54) is 0 Å². The predicted molar refractivity (Wildman–Crippen MR) is 64.4 cm³/mol. The van der Waals surface area contributed by atoms with Crippen LogP contribution >= 0.6 is 11.6 Å². The van der Waals surface area contributed by atoms with E-state index in [9.17, 15) is 13.2 Å². The number of aryl methyl sites for hydroxylation is 1. The van der Waals surface area contributed by atoms with E-state index in [4.69, 9.17) is 17.3 Å². The smallest absolute Gasteiger partial charge is 0.369 e. The zero-order valence-electron chi connectivity index (χ0n) is 9.34. The van der Waals surface area contributed by atoms with E-state index in [0.29, 0.717) is 16.1 Å². The second-order valence-electron chi connectivity index (χ2n) is 3.95. The summed E-state index contributed by atoms with van der Waals surface area (Å²) in [6.07, 6.45) is -5.03. The summed E-state index contributed by atoms with van der Waals surface area (Å²) >= 11 is 5.94. The first-order chi connectivity index (χ1) is 8.38. The topological polar surface area (TPSA) is 43.8 Å². The van der Waals surface area contributed by atoms with Crippen molar-refractivity contribution in [2.75, 3.05) is 5.73 Å². The molecular weight excluding hydrogens is 267 g/mol. The van der Waals surface area contributed by atoms with Crippen molar-refractivity contribution < 1.29 is 13.2 Å². The third-order valence-electron chi connectivity index (χ3n) is 2.60. The minimum atomic E-state index is -4.15. The SMILES string of the molecule is Nc1nc2c(Cl)cccc2n1CCCC(F)(F)F. The molecule has 0 radical (unpaired) electrons. The van der Waals surface area contributed by atoms with Crippen molar-refractivity contribution in [1.29, 1.82) is 0 Å². The van der Waals surface area contributed by atoms with E-state index in [1.807, 2.05) is 0 Å². The van der Waals surface area contributed by atoms with Crippen LogP contribution in [-0.2, 0) is 6.54 Å². The molecule has 18 heavy (non-hydrogen) atoms. The molecule has 0 saturated heterocycles. The van der Waals surface area contributed by atoms with Crippen LogP contribution in [0.25, 0.3) is 11.0 Å². The van der Waals surface area contributed by atoms with Crippen molar-refractivity contribution in [3.05, 3.63) is 23.2 Å². The maximum absolute atomic E-state index is 12.1. The Bertz CT molecular complexity index is 562. The Kier molecular flexibility index (Phi) is 3.38. The van der Waals surface area contributed by atoms with E-state index in [2.05, 4.69) is 4.98 Å². The van der Waals surface area contributed by atoms with Gasteiger partial charge in [-0.1, -0.05) is 17.7 Å². The molecule has 1 aromatic carbocycles. The van der Waals surface area contributed by atoms with Gasteiger partial charge in [0, 0.05) is 13.0 Å². The van der Waals surface area contributed by atoms with Crippen molar-refractivity contribution in [3.63, 3.8) is 0 Å². The molecule has 1 aromatic heterocycles. The molecule has 2 aromatic rings. The number of alkyl halides is 3. The van der Waals surface area contributed by atoms with Gasteiger partial charge in [0.05, 0.1) is 10.5 Å². The number of aromatic nitrogens is 2. The molecule has 2 rings (SSSR count). The monoisotopic (exact) mass is 277 g/mol. The number of fused-ring (bicyclic) bond motifs is 1. The lowest BCUT2D eigenvalue weighted by Gasteiger charge is -2.08. The van der Waals surface area contributed by atoms with Crippen molar-refractivity contribution >= 4 is 28.6 Å². The van der Waals surface area contributed by atoms with E-state index in [-0.39, 0.29) is 18.9 Å². The molecule has 1 heterocycles. The van der Waals surface area contributed by atoms with Crippen molar-refractivity contribution in [3.8, 4) is 0 Å². The van der Waals surface area contributed by atoms with Crippen LogP contribution in [0.1, 0.15) is 12.8 Å². The molecule has 7 heteroatoms. The quantitative estimate of drug-likeness (QED) is 0.931. The fraction of sp³-hybridized carbons (Fsp3) is 0.364. The summed E-state index contributed by atoms with van der Waals surface area (Å²) in [5.41, 5.74) is 6.86. The Morgan fingerprint density at radius 2 is 2.06 bits per heavy atom. The average Bonchev–Trinajstić information content (AvgIpc) is 2.56. The van der Waals surface area contributed by atoms with Crippen LogP contribution < -0.4 is 5.73 Å². The lowest BCUT2D eigenvalue weighted by atomic mass is 10.3. The third kappa shape index (κ3) is 2.69. The largest absolute Gasteiger partial charge is 0.389 e. The third-order valence-corrected chi connectivity index (χ3v) is 2.91. The standard InChI is InChI=1S/C11H11ClF3N3/c12-7-3-1-4-8-9(7)17-10(16)18(8)6-2-5-11(13,14)15/h1,3-4H,2,5-6H2,(H2,16,17). The molecule has 0 aliphatic carbocycles. The highest BCUT2D eigenvalue weighted by atomic mass is 35.5. The maximum Gasteiger partial charge on any atom is 0.389 e. The fourth-order valence-corrected chi connectivity index (χ4v) is 2.02. The van der Waals surface area contributed by atoms with E-state index in [1.54, 1.807) is 22.8 Å². The van der Waals surface area contributed by atoms with Gasteiger partial charge in [0.15, 0.2) is 0 Å². The van der Waals surface area contributed by atoms with Crippen molar-refractivity contribution in [2.45, 2.75) is 25.6 Å². The fourth-order valence-electron chi connectivity index (χ4n) is 1.80. The summed E-state index contributed by atoms with van der Waals surface area (Å²) in [5.74, 6) is 0.181. The maximum atomic E-state index is 12.1. The van der Waals surface area contributed by atoms with Gasteiger partial charge in [0.2, 0.25) is 5.95 Å². The minimum absolute atomic E-state index is 0.0360. The summed E-state index contributed by atoms with van der Waals surface area (Å²) in [6.45, 7) is 0.169. The first kappa shape index (κ1) is 13.0. The number of hydrogen-bond acceptors (Lipinski definition) is 2. The van der Waals surface area contributed by atoms with Gasteiger partial charge >= 0.3 is 6.18 Å². The molecule has 2 N–H and O–H groups in total. The lowest BCUT2D eigenvalue weighted by Crippen LogP contribution is -2.10. The van der Waals surface area contributed by atoms with Gasteiger partial charge in [-0.25, -0.2) is 4.98 Å². The van der Waals surface area contributed by atoms with Gasteiger partial charge < -0.3 is 10.3 Å². The van der Waals surface area contributed by atoms with Crippen LogP contribution in [0.3, 0.4) is 0 Å². The van der Waals surface area contributed by atoms with Gasteiger partial charge in [0.1, 0.15) is 5.52 Å². The minimum Gasteiger partial charge on any atom is -0.369 e. The van der Waals surface area contributed by atoms with Crippen LogP contribution in [0.4, 0.5) is 19.1 Å². The molecule has 0 aliphatic heterocycles. The number of hydrogen-bond donors (Lipinski definition) is 1. The summed E-state index contributed by atoms with van der Waals surface area (Å²) in [5, 5.41) is 0.439.